The first-order valence-electron chi connectivity index (χ1n) is 5.32. The summed E-state index contributed by atoms with van der Waals surface area (Å²) >= 11 is 0. The summed E-state index contributed by atoms with van der Waals surface area (Å²) in [6, 6.07) is 0. The molecule has 19 heavy (non-hydrogen) atoms. The number of ether oxygens (including phenoxy) is 1. The molecule has 0 bridgehead atoms. The van der Waals surface area contributed by atoms with Gasteiger partial charge in [0.15, 0.2) is 0 Å². The van der Waals surface area contributed by atoms with E-state index in [2.05, 4.69) is 33.1 Å². The van der Waals surface area contributed by atoms with E-state index in [1.165, 1.54) is 0 Å². The smallest absolute Gasteiger partial charge is 0.697 e. The second-order valence-corrected chi connectivity index (χ2v) is 3.52. The van der Waals surface area contributed by atoms with Crippen molar-refractivity contribution in [3.8, 4) is 18.8 Å². The normalized spacial score (nSPS) is 12.7. The first-order valence-corrected chi connectivity index (χ1v) is 5.32. The van der Waals surface area contributed by atoms with E-state index in [0.717, 1.165) is 13.0 Å². The summed E-state index contributed by atoms with van der Waals surface area (Å²) in [5.41, 5.74) is 9.81. The van der Waals surface area contributed by atoms with E-state index in [-0.39, 0.29) is 45.9 Å². The Kier molecular flexibility index (Phi) is 69.6. The van der Waals surface area contributed by atoms with Gasteiger partial charge in [0.25, 0.3) is 0 Å². The number of terminal acetylenes is 2. The minimum Gasteiger partial charge on any atom is -0.697 e. The van der Waals surface area contributed by atoms with Gasteiger partial charge in [0.2, 0.25) is 0 Å². The molecule has 1 rings (SSSR count). The molecule has 0 unspecified atom stereocenters. The molecule has 1 atom stereocenters. The van der Waals surface area contributed by atoms with Gasteiger partial charge in [0.1, 0.15) is 0 Å². The second kappa shape index (κ2) is 36.2. The molecule has 3 nitrogen and oxygen atoms in total. The molecule has 0 saturated carbocycles. The second-order valence-electron chi connectivity index (χ2n) is 3.52. The van der Waals surface area contributed by atoms with Gasteiger partial charge >= 0.3 is 18.9 Å². The molecular weight excluding hydrogens is 271 g/mol. The predicted molar refractivity (Wildman–Crippen MR) is 90.8 cm³/mol. The number of rotatable bonds is 2. The van der Waals surface area contributed by atoms with E-state index in [1.54, 1.807) is 0 Å². The summed E-state index contributed by atoms with van der Waals surface area (Å²) in [5.74, 6) is 3.23. The van der Waals surface area contributed by atoms with Gasteiger partial charge < -0.3 is 29.1 Å². The van der Waals surface area contributed by atoms with E-state index in [1.807, 2.05) is 0 Å². The molecule has 0 aromatic rings. The van der Waals surface area contributed by atoms with Crippen molar-refractivity contribution in [1.29, 1.82) is 0 Å². The van der Waals surface area contributed by atoms with Gasteiger partial charge in [-0.2, -0.15) is 27.0 Å². The molecule has 0 aliphatic carbocycles. The van der Waals surface area contributed by atoms with Crippen LogP contribution in [0.2, 0.25) is 0 Å². The number of hydrogen-bond donors (Lipinski definition) is 2. The van der Waals surface area contributed by atoms with Crippen molar-refractivity contribution >= 4 is 27.0 Å². The Bertz CT molecular complexity index is 179. The Morgan fingerprint density at radius 2 is 1.53 bits per heavy atom. The fourth-order valence-electron chi connectivity index (χ4n) is 0.332. The molecule has 110 valence electrons. The quantitative estimate of drug-likeness (QED) is 0.280. The summed E-state index contributed by atoms with van der Waals surface area (Å²) in [6.07, 6.45) is 15.5. The molecule has 1 heterocycles. The number of nitrogens with two attached hydrogens (primary N) is 2. The first-order chi connectivity index (χ1) is 7.58. The molecule has 1 saturated heterocycles. The third-order valence-corrected chi connectivity index (χ3v) is 1.19. The van der Waals surface area contributed by atoms with Crippen molar-refractivity contribution in [1.82, 2.24) is 0 Å². The van der Waals surface area contributed by atoms with Crippen LogP contribution in [0, 0.1) is 31.1 Å². The van der Waals surface area contributed by atoms with Crippen molar-refractivity contribution in [2.45, 2.75) is 33.3 Å². The van der Waals surface area contributed by atoms with Gasteiger partial charge in [-0.05, 0) is 12.8 Å². The van der Waals surface area contributed by atoms with Crippen molar-refractivity contribution < 1.29 is 23.6 Å². The molecule has 6 heteroatoms. The van der Waals surface area contributed by atoms with Crippen LogP contribution in [0.1, 0.15) is 27.2 Å². The molecule has 0 spiro atoms. The van der Waals surface area contributed by atoms with Crippen molar-refractivity contribution in [2.24, 2.45) is 17.4 Å². The van der Waals surface area contributed by atoms with Crippen LogP contribution in [-0.4, -0.2) is 25.8 Å². The van der Waals surface area contributed by atoms with E-state index < -0.39 is 0 Å². The van der Waals surface area contributed by atoms with Gasteiger partial charge in [-0.3, -0.25) is 0 Å². The van der Waals surface area contributed by atoms with Crippen LogP contribution in [0.25, 0.3) is 0 Å². The zero-order valence-electron chi connectivity index (χ0n) is 12.7. The third-order valence-electron chi connectivity index (χ3n) is 1.19. The number of epoxide rings is 1. The van der Waals surface area contributed by atoms with Gasteiger partial charge in [0.05, 0.1) is 12.7 Å². The topological polar surface area (TPSA) is 64.6 Å². The minimum absolute atomic E-state index is 0. The van der Waals surface area contributed by atoms with Gasteiger partial charge in [0, 0.05) is 19.5 Å². The molecule has 0 aromatic carbocycles. The Labute approximate surface area is 146 Å². The molecular formula is C13H29LiN2OS2. The fourth-order valence-corrected chi connectivity index (χ4v) is 0.332. The molecule has 0 aromatic heterocycles. The maximum Gasteiger partial charge on any atom is 1.00 e. The minimum atomic E-state index is 0. The largest absolute Gasteiger partial charge is 1.00 e. The Hall–Kier alpha value is 0.297. The molecule has 0 radical (unpaired) electrons. The van der Waals surface area contributed by atoms with E-state index in [0.29, 0.717) is 25.1 Å². The summed E-state index contributed by atoms with van der Waals surface area (Å²) in [7, 11) is 0. The Balaban J connectivity index is -0.0000000296. The number of hydrogen-bond acceptors (Lipinski definition) is 3. The zero-order chi connectivity index (χ0) is 13.4. The summed E-state index contributed by atoms with van der Waals surface area (Å²) in [5, 5.41) is 0. The van der Waals surface area contributed by atoms with Crippen LogP contribution in [-0.2, 0) is 4.74 Å². The van der Waals surface area contributed by atoms with Crippen molar-refractivity contribution in [2.75, 3.05) is 19.7 Å². The van der Waals surface area contributed by atoms with Crippen molar-refractivity contribution in [3.05, 3.63) is 6.42 Å². The molecule has 1 aliphatic rings. The summed E-state index contributed by atoms with van der Waals surface area (Å²) < 4.78 is 4.71. The van der Waals surface area contributed by atoms with Crippen LogP contribution < -0.4 is 30.3 Å². The summed E-state index contributed by atoms with van der Waals surface area (Å²) in [4.78, 5) is 0. The Morgan fingerprint density at radius 1 is 1.26 bits per heavy atom. The molecule has 1 aliphatic heterocycles. The van der Waals surface area contributed by atoms with Gasteiger partial charge in [-0.15, -0.1) is 12.3 Å². The monoisotopic (exact) mass is 300 g/mol. The molecule has 1 fully saturated rings. The molecule has 4 N–H and O–H groups in total. The fraction of sp³-hybridized carbons (Fsp3) is 0.692. The van der Waals surface area contributed by atoms with Crippen LogP contribution in [0.4, 0.5) is 0 Å². The van der Waals surface area contributed by atoms with E-state index >= 15 is 0 Å². The maximum absolute atomic E-state index is 5.25. The maximum atomic E-state index is 5.25. The third kappa shape index (κ3) is 91.3. The van der Waals surface area contributed by atoms with E-state index in [4.69, 9.17) is 29.1 Å². The standard InChI is InChI=1S/C6H10.C3H6O.C2H8N2.C2H.Li.2H2S/c1-4-5-6(2)3;1-3-2-4-3;3-1-2-4;1-2;;;/h1,6H,5H2,2-3H3;3H,2H2,1H3;1-4H2;1H;;2*1H2/q;;;-1;+1;;/t;3-;;;;;/m.0...../s1. The van der Waals surface area contributed by atoms with Gasteiger partial charge in [-0.1, -0.05) is 13.8 Å². The van der Waals surface area contributed by atoms with E-state index in [9.17, 15) is 0 Å². The SMILES string of the molecule is C#CCC(C)C.C[C@H]1CO1.NCCN.S.S.[C-]#C.[Li+]. The van der Waals surface area contributed by atoms with Crippen LogP contribution in [0.5, 0.6) is 0 Å². The zero-order valence-corrected chi connectivity index (χ0v) is 14.7. The molecule has 0 amide bonds. The van der Waals surface area contributed by atoms with Gasteiger partial charge in [-0.25, -0.2) is 0 Å². The Morgan fingerprint density at radius 3 is 1.53 bits per heavy atom. The van der Waals surface area contributed by atoms with Crippen LogP contribution in [0.15, 0.2) is 0 Å². The van der Waals surface area contributed by atoms with Crippen LogP contribution >= 0.6 is 27.0 Å². The first kappa shape index (κ1) is 36.5. The average Bonchev–Trinajstić information content (AvgIpc) is 3.05. The summed E-state index contributed by atoms with van der Waals surface area (Å²) in [6.45, 7) is 8.46. The average molecular weight is 300 g/mol. The van der Waals surface area contributed by atoms with Crippen molar-refractivity contribution in [3.63, 3.8) is 0 Å². The van der Waals surface area contributed by atoms with Crippen LogP contribution in [0.3, 0.4) is 0 Å². The predicted octanol–water partition coefficient (Wildman–Crippen LogP) is -1.59.